The number of fused-ring (bicyclic) bond motifs is 2. The highest BCUT2D eigenvalue weighted by Crippen LogP contribution is 2.38. The number of aromatic nitrogens is 2. The molecule has 0 radical (unpaired) electrons. The summed E-state index contributed by atoms with van der Waals surface area (Å²) in [5, 5.41) is 11.9. The first kappa shape index (κ1) is 20.6. The maximum atomic E-state index is 12.6. The molecule has 1 amide bonds. The van der Waals surface area contributed by atoms with Crippen molar-refractivity contribution in [2.24, 2.45) is 0 Å². The Hall–Kier alpha value is -2.09. The summed E-state index contributed by atoms with van der Waals surface area (Å²) in [6, 6.07) is 2.17. The van der Waals surface area contributed by atoms with Crippen LogP contribution in [0.4, 0.5) is 16.3 Å². The van der Waals surface area contributed by atoms with Crippen LogP contribution in [0.5, 0.6) is 0 Å². The molecule has 1 aromatic rings. The van der Waals surface area contributed by atoms with Gasteiger partial charge in [-0.3, -0.25) is 0 Å². The average molecular weight is 410 g/mol. The maximum absolute atomic E-state index is 12.6. The number of anilines is 2. The zero-order valence-corrected chi connectivity index (χ0v) is 17.6. The van der Waals surface area contributed by atoms with Crippen LogP contribution in [0.25, 0.3) is 0 Å². The molecule has 3 heterocycles. The van der Waals surface area contributed by atoms with E-state index in [9.17, 15) is 9.59 Å². The van der Waals surface area contributed by atoms with E-state index in [0.29, 0.717) is 5.82 Å². The molecule has 2 aliphatic rings. The van der Waals surface area contributed by atoms with Crippen LogP contribution in [-0.2, 0) is 9.53 Å². The third-order valence-electron chi connectivity index (χ3n) is 5.18. The summed E-state index contributed by atoms with van der Waals surface area (Å²) in [6.07, 6.45) is 4.19. The van der Waals surface area contributed by atoms with Gasteiger partial charge < -0.3 is 24.6 Å². The van der Waals surface area contributed by atoms with Crippen molar-refractivity contribution in [2.45, 2.75) is 70.2 Å². The Kier molecular flexibility index (Phi) is 5.98. The van der Waals surface area contributed by atoms with E-state index in [2.05, 4.69) is 15.5 Å². The SMILES string of the molecule is CN(CC=O)c1cc(Cl)nnc1NC1C[C@H]2CC[C@@H](C1)N2C(=O)OC(C)(C)C. The van der Waals surface area contributed by atoms with Gasteiger partial charge in [-0.15, -0.1) is 10.2 Å². The predicted molar refractivity (Wildman–Crippen MR) is 108 cm³/mol. The van der Waals surface area contributed by atoms with Crippen molar-refractivity contribution < 1.29 is 14.3 Å². The lowest BCUT2D eigenvalue weighted by atomic mass is 9.97. The predicted octanol–water partition coefficient (Wildman–Crippen LogP) is 3.11. The summed E-state index contributed by atoms with van der Waals surface area (Å²) >= 11 is 5.99. The molecule has 3 atom stereocenters. The molecule has 8 nitrogen and oxygen atoms in total. The number of nitrogens with one attached hydrogen (secondary N) is 1. The average Bonchev–Trinajstić information content (AvgIpc) is 2.86. The standard InChI is InChI=1S/C19H28ClN5O3/c1-19(2,3)28-18(27)25-13-5-6-14(25)10-12(9-13)21-17-15(24(4)7-8-26)11-16(20)22-23-17/h8,11-14H,5-7,9-10H2,1-4H3,(H,21,23)/t12?,13-,14+. The van der Waals surface area contributed by atoms with Crippen molar-refractivity contribution >= 4 is 35.5 Å². The van der Waals surface area contributed by atoms with Gasteiger partial charge in [-0.2, -0.15) is 0 Å². The molecule has 0 aliphatic carbocycles. The molecular formula is C19H28ClN5O3. The first-order valence-corrected chi connectivity index (χ1v) is 10.0. The van der Waals surface area contributed by atoms with E-state index in [1.165, 1.54) is 0 Å². The quantitative estimate of drug-likeness (QED) is 0.747. The topological polar surface area (TPSA) is 87.7 Å². The molecule has 1 N–H and O–H groups in total. The second kappa shape index (κ2) is 8.11. The van der Waals surface area contributed by atoms with Crippen molar-refractivity contribution in [1.82, 2.24) is 15.1 Å². The van der Waals surface area contributed by atoms with Crippen molar-refractivity contribution in [3.63, 3.8) is 0 Å². The summed E-state index contributed by atoms with van der Waals surface area (Å²) in [5.41, 5.74) is 0.233. The smallest absolute Gasteiger partial charge is 0.410 e. The van der Waals surface area contributed by atoms with E-state index in [1.54, 1.807) is 11.0 Å². The van der Waals surface area contributed by atoms with E-state index < -0.39 is 5.60 Å². The van der Waals surface area contributed by atoms with Gasteiger partial charge in [-0.25, -0.2) is 4.79 Å². The largest absolute Gasteiger partial charge is 0.444 e. The van der Waals surface area contributed by atoms with Gasteiger partial charge in [0.2, 0.25) is 0 Å². The van der Waals surface area contributed by atoms with Gasteiger partial charge in [-0.05, 0) is 46.5 Å². The molecular weight excluding hydrogens is 382 g/mol. The summed E-state index contributed by atoms with van der Waals surface area (Å²) < 4.78 is 5.59. The van der Waals surface area contributed by atoms with Crippen LogP contribution in [0.15, 0.2) is 6.07 Å². The van der Waals surface area contributed by atoms with E-state index in [0.717, 1.165) is 37.7 Å². The molecule has 3 rings (SSSR count). The lowest BCUT2D eigenvalue weighted by Crippen LogP contribution is -2.51. The number of carbonyl (C=O) groups is 2. The normalized spacial score (nSPS) is 24.0. The van der Waals surface area contributed by atoms with Crippen molar-refractivity contribution in [1.29, 1.82) is 0 Å². The fourth-order valence-corrected chi connectivity index (χ4v) is 4.21. The van der Waals surface area contributed by atoms with Crippen LogP contribution >= 0.6 is 11.6 Å². The Morgan fingerprint density at radius 2 is 2.00 bits per heavy atom. The fourth-order valence-electron chi connectivity index (χ4n) is 4.06. The Morgan fingerprint density at radius 1 is 1.36 bits per heavy atom. The second-order valence-electron chi connectivity index (χ2n) is 8.53. The summed E-state index contributed by atoms with van der Waals surface area (Å²) in [6.45, 7) is 5.89. The first-order chi connectivity index (χ1) is 13.2. The number of halogens is 1. The number of likely N-dealkylation sites (N-methyl/N-ethyl adjacent to an activating group) is 1. The van der Waals surface area contributed by atoms with Gasteiger partial charge in [0, 0.05) is 31.2 Å². The van der Waals surface area contributed by atoms with Gasteiger partial charge in [0.1, 0.15) is 11.9 Å². The summed E-state index contributed by atoms with van der Waals surface area (Å²) in [5.74, 6) is 0.601. The second-order valence-corrected chi connectivity index (χ2v) is 8.92. The zero-order valence-electron chi connectivity index (χ0n) is 16.8. The van der Waals surface area contributed by atoms with Crippen LogP contribution < -0.4 is 10.2 Å². The Labute approximate surface area is 170 Å². The summed E-state index contributed by atoms with van der Waals surface area (Å²) in [7, 11) is 1.81. The maximum Gasteiger partial charge on any atom is 0.410 e. The van der Waals surface area contributed by atoms with Crippen molar-refractivity contribution in [3.8, 4) is 0 Å². The molecule has 28 heavy (non-hydrogen) atoms. The van der Waals surface area contributed by atoms with E-state index in [-0.39, 0.29) is 35.9 Å². The number of hydrogen-bond donors (Lipinski definition) is 1. The molecule has 2 saturated heterocycles. The van der Waals surface area contributed by atoms with Crippen LogP contribution in [0, 0.1) is 0 Å². The fraction of sp³-hybridized carbons (Fsp3) is 0.684. The van der Waals surface area contributed by atoms with Gasteiger partial charge in [0.15, 0.2) is 11.0 Å². The Bertz CT molecular complexity index is 725. The number of rotatable bonds is 5. The lowest BCUT2D eigenvalue weighted by Gasteiger charge is -2.40. The highest BCUT2D eigenvalue weighted by Gasteiger charge is 2.45. The molecule has 0 aromatic carbocycles. The van der Waals surface area contributed by atoms with Crippen LogP contribution in [0.3, 0.4) is 0 Å². The van der Waals surface area contributed by atoms with E-state index in [4.69, 9.17) is 16.3 Å². The minimum absolute atomic E-state index is 0.155. The molecule has 154 valence electrons. The van der Waals surface area contributed by atoms with Gasteiger partial charge in [-0.1, -0.05) is 11.6 Å². The van der Waals surface area contributed by atoms with Gasteiger partial charge in [0.25, 0.3) is 0 Å². The first-order valence-electron chi connectivity index (χ1n) is 9.64. The minimum atomic E-state index is -0.497. The van der Waals surface area contributed by atoms with Crippen LogP contribution in [0.1, 0.15) is 46.5 Å². The molecule has 1 unspecified atom stereocenters. The number of aldehydes is 1. The number of amides is 1. The third-order valence-corrected chi connectivity index (χ3v) is 5.37. The summed E-state index contributed by atoms with van der Waals surface area (Å²) in [4.78, 5) is 27.2. The number of nitrogens with zero attached hydrogens (tertiary/aromatic N) is 4. The number of ether oxygens (including phenoxy) is 1. The van der Waals surface area contributed by atoms with Crippen LogP contribution in [-0.4, -0.2) is 64.8 Å². The van der Waals surface area contributed by atoms with Crippen molar-refractivity contribution in [3.05, 3.63) is 11.2 Å². The third kappa shape index (κ3) is 4.66. The molecule has 0 saturated carbocycles. The molecule has 1 aromatic heterocycles. The monoisotopic (exact) mass is 409 g/mol. The van der Waals surface area contributed by atoms with Gasteiger partial charge in [0.05, 0.1) is 12.2 Å². The van der Waals surface area contributed by atoms with Crippen LogP contribution in [0.2, 0.25) is 5.15 Å². The van der Waals surface area contributed by atoms with E-state index in [1.807, 2.05) is 32.7 Å². The Morgan fingerprint density at radius 3 is 2.57 bits per heavy atom. The number of hydrogen-bond acceptors (Lipinski definition) is 7. The molecule has 9 heteroatoms. The highest BCUT2D eigenvalue weighted by atomic mass is 35.5. The van der Waals surface area contributed by atoms with E-state index >= 15 is 0 Å². The van der Waals surface area contributed by atoms with Gasteiger partial charge >= 0.3 is 6.09 Å². The zero-order chi connectivity index (χ0) is 20.5. The highest BCUT2D eigenvalue weighted by molar-refractivity contribution is 6.29. The molecule has 2 fully saturated rings. The molecule has 0 spiro atoms. The molecule has 2 bridgehead atoms. The number of carbonyl (C=O) groups excluding carboxylic acids is 2. The van der Waals surface area contributed by atoms with Crippen molar-refractivity contribution in [2.75, 3.05) is 23.8 Å². The lowest BCUT2D eigenvalue weighted by molar-refractivity contribution is -0.106. The minimum Gasteiger partial charge on any atom is -0.444 e. The number of piperidine rings is 1. The molecule has 2 aliphatic heterocycles. The Balaban J connectivity index is 1.70.